The predicted molar refractivity (Wildman–Crippen MR) is 116 cm³/mol. The van der Waals surface area contributed by atoms with Gasteiger partial charge in [-0.15, -0.1) is 0 Å². The standard InChI is InChI=1S/C22H29FNO6P/c1-28-21-13-16(4-9-20(21)23)3-2-12-29-19-7-5-17(6-8-19)18-10-11-22(24,14-18)15-30-31(25,26)27/h4-9,13,18H,2-3,10-12,14-15,24H2,1H3,(H2,25,26,27)/p+1/t18-,22-/m1/s1. The van der Waals surface area contributed by atoms with Crippen LogP contribution in [0, 0.1) is 5.82 Å². The van der Waals surface area contributed by atoms with Gasteiger partial charge in [-0.05, 0) is 73.4 Å². The first kappa shape index (κ1) is 23.7. The Morgan fingerprint density at radius 2 is 2.00 bits per heavy atom. The molecule has 0 aromatic heterocycles. The number of methoxy groups -OCH3 is 1. The molecule has 1 aliphatic rings. The molecule has 0 heterocycles. The molecule has 0 saturated heterocycles. The number of halogens is 1. The summed E-state index contributed by atoms with van der Waals surface area (Å²) in [6.07, 6.45) is 3.72. The van der Waals surface area contributed by atoms with Gasteiger partial charge in [-0.2, -0.15) is 4.57 Å². The van der Waals surface area contributed by atoms with Crippen LogP contribution in [0.1, 0.15) is 42.7 Å². The van der Waals surface area contributed by atoms with Crippen molar-refractivity contribution in [3.63, 3.8) is 0 Å². The Morgan fingerprint density at radius 3 is 2.68 bits per heavy atom. The Morgan fingerprint density at radius 1 is 1.26 bits per heavy atom. The van der Waals surface area contributed by atoms with Gasteiger partial charge < -0.3 is 19.7 Å². The molecule has 0 aliphatic heterocycles. The Hall–Kier alpha value is -1.96. The second kappa shape index (κ2) is 10.1. The summed E-state index contributed by atoms with van der Waals surface area (Å²) < 4.78 is 38.7. The lowest BCUT2D eigenvalue weighted by molar-refractivity contribution is 0.0363. The smallest absolute Gasteiger partial charge is 0.494 e. The van der Waals surface area contributed by atoms with Crippen molar-refractivity contribution in [2.24, 2.45) is 5.73 Å². The number of aliphatic hydroxyl groups is 1. The van der Waals surface area contributed by atoms with E-state index in [2.05, 4.69) is 4.52 Å². The fourth-order valence-corrected chi connectivity index (χ4v) is 4.45. The Bertz CT molecular complexity index is 919. The summed E-state index contributed by atoms with van der Waals surface area (Å²) in [7, 11) is -2.94. The van der Waals surface area contributed by atoms with E-state index in [0.29, 0.717) is 19.4 Å². The van der Waals surface area contributed by atoms with Crippen molar-refractivity contribution in [2.45, 2.75) is 43.6 Å². The van der Waals surface area contributed by atoms with Crippen LogP contribution >= 0.6 is 7.82 Å². The maximum Gasteiger partial charge on any atom is 0.629 e. The SMILES string of the molecule is COc1cc(CCCOc2ccc([C@@H]3CC[C@](N)(C[OH+]P(=O)(O)O)C3)cc2)ccc1F. The van der Waals surface area contributed by atoms with E-state index in [1.54, 1.807) is 12.1 Å². The summed E-state index contributed by atoms with van der Waals surface area (Å²) in [5, 5.41) is 0. The van der Waals surface area contributed by atoms with Gasteiger partial charge in [-0.3, -0.25) is 9.79 Å². The number of rotatable bonds is 10. The molecule has 2 aromatic carbocycles. The third-order valence-corrected chi connectivity index (χ3v) is 6.17. The van der Waals surface area contributed by atoms with E-state index in [0.717, 1.165) is 36.1 Å². The first-order valence-corrected chi connectivity index (χ1v) is 11.8. The molecule has 1 fully saturated rings. The van der Waals surface area contributed by atoms with Gasteiger partial charge >= 0.3 is 7.82 Å². The van der Waals surface area contributed by atoms with Crippen LogP contribution in [0.5, 0.6) is 11.5 Å². The van der Waals surface area contributed by atoms with E-state index in [-0.39, 0.29) is 24.1 Å². The lowest BCUT2D eigenvalue weighted by atomic mass is 9.94. The first-order valence-electron chi connectivity index (χ1n) is 10.3. The van der Waals surface area contributed by atoms with Gasteiger partial charge in [0, 0.05) is 0 Å². The molecule has 31 heavy (non-hydrogen) atoms. The second-order valence-electron chi connectivity index (χ2n) is 8.10. The molecule has 9 heteroatoms. The Kier molecular flexibility index (Phi) is 7.73. The van der Waals surface area contributed by atoms with Crippen molar-refractivity contribution in [2.75, 3.05) is 20.3 Å². The van der Waals surface area contributed by atoms with E-state index in [4.69, 9.17) is 25.0 Å². The van der Waals surface area contributed by atoms with Crippen LogP contribution in [0.15, 0.2) is 42.5 Å². The largest absolute Gasteiger partial charge is 0.629 e. The van der Waals surface area contributed by atoms with E-state index in [9.17, 15) is 8.96 Å². The van der Waals surface area contributed by atoms with E-state index < -0.39 is 13.4 Å². The van der Waals surface area contributed by atoms with Crippen molar-refractivity contribution in [1.82, 2.24) is 0 Å². The second-order valence-corrected chi connectivity index (χ2v) is 9.41. The Balaban J connectivity index is 1.45. The van der Waals surface area contributed by atoms with Crippen molar-refractivity contribution in [3.05, 3.63) is 59.4 Å². The van der Waals surface area contributed by atoms with Crippen molar-refractivity contribution >= 4 is 7.82 Å². The molecule has 5 N–H and O–H groups in total. The van der Waals surface area contributed by atoms with Gasteiger partial charge in [-0.25, -0.2) is 4.39 Å². The van der Waals surface area contributed by atoms with Crippen LogP contribution in [-0.2, 0) is 11.0 Å². The molecule has 0 amide bonds. The third-order valence-electron chi connectivity index (χ3n) is 5.66. The van der Waals surface area contributed by atoms with Crippen LogP contribution in [0.3, 0.4) is 0 Å². The molecule has 2 atom stereocenters. The summed E-state index contributed by atoms with van der Waals surface area (Å²) in [4.78, 5) is 17.9. The fourth-order valence-electron chi connectivity index (χ4n) is 3.98. The maximum absolute atomic E-state index is 13.5. The molecule has 0 spiro atoms. The highest BCUT2D eigenvalue weighted by molar-refractivity contribution is 7.45. The number of hydrogen-bond donors (Lipinski definition) is 3. The summed E-state index contributed by atoms with van der Waals surface area (Å²) in [6, 6.07) is 12.7. The Labute approximate surface area is 181 Å². The lowest BCUT2D eigenvalue weighted by Gasteiger charge is -2.21. The maximum atomic E-state index is 13.5. The molecular weight excluding hydrogens is 424 g/mol. The van der Waals surface area contributed by atoms with E-state index >= 15 is 0 Å². The van der Waals surface area contributed by atoms with Crippen LogP contribution in [0.2, 0.25) is 0 Å². The minimum atomic E-state index is -4.39. The number of ether oxygens (including phenoxy) is 2. The first-order chi connectivity index (χ1) is 14.7. The van der Waals surface area contributed by atoms with Gasteiger partial charge in [0.1, 0.15) is 5.75 Å². The topological polar surface area (TPSA) is 115 Å². The molecule has 170 valence electrons. The van der Waals surface area contributed by atoms with Gasteiger partial charge in [0.05, 0.1) is 19.3 Å². The molecule has 2 aromatic rings. The van der Waals surface area contributed by atoms with E-state index in [1.165, 1.54) is 13.2 Å². The summed E-state index contributed by atoms with van der Waals surface area (Å²) >= 11 is 0. The molecule has 7 nitrogen and oxygen atoms in total. The van der Waals surface area contributed by atoms with Gasteiger partial charge in [0.2, 0.25) is 0 Å². The molecular formula is C22H30FNO6P+. The normalized spacial score (nSPS) is 21.3. The van der Waals surface area contributed by atoms with Crippen molar-refractivity contribution < 1.29 is 32.7 Å². The molecule has 1 aliphatic carbocycles. The van der Waals surface area contributed by atoms with Gasteiger partial charge in [0.25, 0.3) is 0 Å². The number of hydrogen-bond acceptors (Lipinski definition) is 4. The quantitative estimate of drug-likeness (QED) is 0.288. The highest BCUT2D eigenvalue weighted by Gasteiger charge is 2.41. The zero-order chi connectivity index (χ0) is 22.5. The van der Waals surface area contributed by atoms with Crippen LogP contribution in [0.4, 0.5) is 4.39 Å². The third kappa shape index (κ3) is 7.02. The summed E-state index contributed by atoms with van der Waals surface area (Å²) in [5.74, 6) is 0.888. The molecule has 0 radical (unpaired) electrons. The van der Waals surface area contributed by atoms with Crippen LogP contribution < -0.4 is 15.2 Å². The van der Waals surface area contributed by atoms with Crippen molar-refractivity contribution in [3.8, 4) is 11.5 Å². The minimum Gasteiger partial charge on any atom is -0.494 e. The number of aryl methyl sites for hydroxylation is 1. The lowest BCUT2D eigenvalue weighted by Crippen LogP contribution is -2.42. The van der Waals surface area contributed by atoms with Crippen molar-refractivity contribution in [1.29, 1.82) is 0 Å². The zero-order valence-electron chi connectivity index (χ0n) is 17.5. The zero-order valence-corrected chi connectivity index (χ0v) is 18.4. The number of benzene rings is 2. The van der Waals surface area contributed by atoms with Gasteiger partial charge in [0.15, 0.2) is 18.2 Å². The molecule has 3 rings (SSSR count). The number of nitrogens with two attached hydrogens (primary N) is 1. The summed E-state index contributed by atoms with van der Waals surface area (Å²) in [6.45, 7) is 0.507. The van der Waals surface area contributed by atoms with Crippen LogP contribution in [-0.4, -0.2) is 40.2 Å². The van der Waals surface area contributed by atoms with E-state index in [1.807, 2.05) is 24.3 Å². The monoisotopic (exact) mass is 454 g/mol. The highest BCUT2D eigenvalue weighted by atomic mass is 31.2. The minimum absolute atomic E-state index is 0.0328. The summed E-state index contributed by atoms with van der Waals surface area (Å²) in [5.41, 5.74) is 7.74. The highest BCUT2D eigenvalue weighted by Crippen LogP contribution is 2.42. The average Bonchev–Trinajstić information content (AvgIpc) is 3.13. The molecule has 0 bridgehead atoms. The predicted octanol–water partition coefficient (Wildman–Crippen LogP) is 3.43. The fraction of sp³-hybridized carbons (Fsp3) is 0.455. The van der Waals surface area contributed by atoms with Gasteiger partial charge in [-0.1, -0.05) is 18.2 Å². The van der Waals surface area contributed by atoms with Crippen LogP contribution in [0.25, 0.3) is 0 Å². The molecule has 0 unspecified atom stereocenters. The average molecular weight is 454 g/mol. The molecule has 1 saturated carbocycles.